The van der Waals surface area contributed by atoms with Crippen molar-refractivity contribution in [2.24, 2.45) is 5.92 Å². The molecule has 0 bridgehead atoms. The van der Waals surface area contributed by atoms with E-state index in [1.807, 2.05) is 0 Å². The number of carbonyl (C=O) groups excluding carboxylic acids is 2. The molecule has 20 heavy (non-hydrogen) atoms. The van der Waals surface area contributed by atoms with Crippen molar-refractivity contribution in [3.05, 3.63) is 34.9 Å². The van der Waals surface area contributed by atoms with Gasteiger partial charge in [-0.2, -0.15) is 0 Å². The lowest BCUT2D eigenvalue weighted by atomic mass is 9.83. The number of rotatable bonds is 4. The molecule has 1 aliphatic carbocycles. The minimum absolute atomic E-state index is 0.00201. The molecule has 0 radical (unpaired) electrons. The molecule has 1 aromatic rings. The van der Waals surface area contributed by atoms with Gasteiger partial charge in [0, 0.05) is 23.4 Å². The summed E-state index contributed by atoms with van der Waals surface area (Å²) in [7, 11) is 0. The number of benzene rings is 1. The first kappa shape index (κ1) is 15.0. The molecule has 3 nitrogen and oxygen atoms in total. The first-order chi connectivity index (χ1) is 9.58. The molecule has 0 spiro atoms. The second-order valence-corrected chi connectivity index (χ2v) is 5.72. The van der Waals surface area contributed by atoms with Gasteiger partial charge in [-0.1, -0.05) is 43.0 Å². The third-order valence-electron chi connectivity index (χ3n) is 3.70. The van der Waals surface area contributed by atoms with E-state index < -0.39 is 12.1 Å². The molecule has 1 fully saturated rings. The Hall–Kier alpha value is -1.35. The van der Waals surface area contributed by atoms with Crippen molar-refractivity contribution in [3.63, 3.8) is 0 Å². The zero-order chi connectivity index (χ0) is 14.5. The largest absolute Gasteiger partial charge is 0.450 e. The summed E-state index contributed by atoms with van der Waals surface area (Å²) in [6.07, 6.45) is 4.26. The second-order valence-electron chi connectivity index (χ2n) is 5.28. The van der Waals surface area contributed by atoms with E-state index >= 15 is 0 Å². The fourth-order valence-electron chi connectivity index (χ4n) is 2.73. The van der Waals surface area contributed by atoms with E-state index in [-0.39, 0.29) is 11.7 Å². The van der Waals surface area contributed by atoms with Crippen LogP contribution >= 0.6 is 11.6 Å². The average Bonchev–Trinajstić information content (AvgIpc) is 2.45. The molecule has 1 atom stereocenters. The normalized spacial score (nSPS) is 17.5. The molecular weight excluding hydrogens is 276 g/mol. The van der Waals surface area contributed by atoms with Crippen LogP contribution in [0.2, 0.25) is 5.02 Å². The van der Waals surface area contributed by atoms with Gasteiger partial charge >= 0.3 is 5.97 Å². The van der Waals surface area contributed by atoms with Gasteiger partial charge < -0.3 is 4.74 Å². The number of hydrogen-bond acceptors (Lipinski definition) is 3. The molecule has 0 N–H and O–H groups in total. The highest BCUT2D eigenvalue weighted by Crippen LogP contribution is 2.31. The number of Topliss-reactive ketones (excluding diaryl/α,β-unsaturated/α-hetero) is 1. The molecule has 4 heteroatoms. The van der Waals surface area contributed by atoms with Crippen molar-refractivity contribution < 1.29 is 14.3 Å². The summed E-state index contributed by atoms with van der Waals surface area (Å²) in [5.41, 5.74) is 0.656. The molecule has 108 valence electrons. The molecule has 1 aromatic carbocycles. The van der Waals surface area contributed by atoms with Crippen LogP contribution in [0, 0.1) is 5.92 Å². The van der Waals surface area contributed by atoms with Crippen molar-refractivity contribution in [1.82, 2.24) is 0 Å². The quantitative estimate of drug-likeness (QED) is 0.785. The molecule has 1 unspecified atom stereocenters. The van der Waals surface area contributed by atoms with Crippen LogP contribution < -0.4 is 0 Å². The molecule has 0 amide bonds. The minimum Gasteiger partial charge on any atom is -0.450 e. The highest BCUT2D eigenvalue weighted by Gasteiger charge is 2.31. The van der Waals surface area contributed by atoms with Crippen molar-refractivity contribution in [2.45, 2.75) is 45.1 Å². The van der Waals surface area contributed by atoms with E-state index in [0.717, 1.165) is 25.7 Å². The van der Waals surface area contributed by atoms with E-state index in [1.165, 1.54) is 13.3 Å². The van der Waals surface area contributed by atoms with Crippen molar-refractivity contribution in [3.8, 4) is 0 Å². The third-order valence-corrected chi connectivity index (χ3v) is 3.94. The smallest absolute Gasteiger partial charge is 0.303 e. The van der Waals surface area contributed by atoms with Crippen LogP contribution in [-0.2, 0) is 14.3 Å². The number of ether oxygens (including phenoxy) is 1. The number of carbonyl (C=O) groups is 2. The van der Waals surface area contributed by atoms with Gasteiger partial charge in [-0.3, -0.25) is 9.59 Å². The van der Waals surface area contributed by atoms with Gasteiger partial charge in [-0.15, -0.1) is 0 Å². The lowest BCUT2D eigenvalue weighted by Gasteiger charge is -2.25. The number of hydrogen-bond donors (Lipinski definition) is 0. The topological polar surface area (TPSA) is 43.4 Å². The average molecular weight is 295 g/mol. The Labute approximate surface area is 124 Å². The molecule has 0 saturated heterocycles. The van der Waals surface area contributed by atoms with Crippen LogP contribution in [0.1, 0.15) is 50.7 Å². The zero-order valence-corrected chi connectivity index (χ0v) is 12.4. The maximum atomic E-state index is 12.6. The van der Waals surface area contributed by atoms with Gasteiger partial charge in [0.2, 0.25) is 0 Å². The second kappa shape index (κ2) is 6.89. The lowest BCUT2D eigenvalue weighted by molar-refractivity contribution is -0.155. The van der Waals surface area contributed by atoms with Gasteiger partial charge in [0.25, 0.3) is 0 Å². The van der Waals surface area contributed by atoms with Gasteiger partial charge in [-0.05, 0) is 25.0 Å². The predicted octanol–water partition coefficient (Wildman–Crippen LogP) is 4.09. The third kappa shape index (κ3) is 3.83. The summed E-state index contributed by atoms with van der Waals surface area (Å²) in [6, 6.07) is 6.97. The summed E-state index contributed by atoms with van der Waals surface area (Å²) in [4.78, 5) is 23.9. The van der Waals surface area contributed by atoms with Crippen molar-refractivity contribution >= 4 is 23.4 Å². The van der Waals surface area contributed by atoms with Crippen LogP contribution in [0.15, 0.2) is 24.3 Å². The number of esters is 1. The Balaban J connectivity index is 2.22. The fraction of sp³-hybridized carbons (Fsp3) is 0.500. The monoisotopic (exact) mass is 294 g/mol. The van der Waals surface area contributed by atoms with Crippen LogP contribution in [0.4, 0.5) is 0 Å². The molecule has 2 rings (SSSR count). The van der Waals surface area contributed by atoms with E-state index in [2.05, 4.69) is 0 Å². The molecular formula is C16H19ClO3. The summed E-state index contributed by atoms with van der Waals surface area (Å²) in [6.45, 7) is 1.33. The van der Waals surface area contributed by atoms with Gasteiger partial charge in [-0.25, -0.2) is 0 Å². The highest BCUT2D eigenvalue weighted by atomic mass is 35.5. The van der Waals surface area contributed by atoms with E-state index in [0.29, 0.717) is 10.6 Å². The summed E-state index contributed by atoms with van der Waals surface area (Å²) >= 11 is 5.96. The van der Waals surface area contributed by atoms with Crippen molar-refractivity contribution in [1.29, 1.82) is 0 Å². The first-order valence-corrected chi connectivity index (χ1v) is 7.42. The van der Waals surface area contributed by atoms with Gasteiger partial charge in [0.15, 0.2) is 11.9 Å². The lowest BCUT2D eigenvalue weighted by Crippen LogP contribution is -2.27. The van der Waals surface area contributed by atoms with E-state index in [4.69, 9.17) is 16.3 Å². The zero-order valence-electron chi connectivity index (χ0n) is 11.6. The molecule has 0 heterocycles. The van der Waals surface area contributed by atoms with Gasteiger partial charge in [0.05, 0.1) is 0 Å². The Morgan fingerprint density at radius 1 is 1.25 bits per heavy atom. The van der Waals surface area contributed by atoms with E-state index in [9.17, 15) is 9.59 Å². The summed E-state index contributed by atoms with van der Waals surface area (Å²) in [5.74, 6) is -0.451. The number of ketones is 1. The SMILES string of the molecule is CC(=O)OC(C(=O)C1CCCCC1)c1cccc(Cl)c1. The number of halogens is 1. The summed E-state index contributed by atoms with van der Waals surface area (Å²) < 4.78 is 5.26. The molecule has 0 aliphatic heterocycles. The fourth-order valence-corrected chi connectivity index (χ4v) is 2.93. The molecule has 1 aliphatic rings. The highest BCUT2D eigenvalue weighted by molar-refractivity contribution is 6.30. The van der Waals surface area contributed by atoms with Gasteiger partial charge in [0.1, 0.15) is 0 Å². The van der Waals surface area contributed by atoms with E-state index in [1.54, 1.807) is 24.3 Å². The predicted molar refractivity (Wildman–Crippen MR) is 77.5 cm³/mol. The molecule has 1 saturated carbocycles. The van der Waals surface area contributed by atoms with Crippen LogP contribution in [0.25, 0.3) is 0 Å². The van der Waals surface area contributed by atoms with Crippen LogP contribution in [0.3, 0.4) is 0 Å². The maximum Gasteiger partial charge on any atom is 0.303 e. The Morgan fingerprint density at radius 2 is 1.95 bits per heavy atom. The Kier molecular flexibility index (Phi) is 5.18. The summed E-state index contributed by atoms with van der Waals surface area (Å²) in [5, 5.41) is 0.538. The Bertz CT molecular complexity index is 492. The van der Waals surface area contributed by atoms with Crippen LogP contribution in [0.5, 0.6) is 0 Å². The van der Waals surface area contributed by atoms with Crippen molar-refractivity contribution in [2.75, 3.05) is 0 Å². The van der Waals surface area contributed by atoms with Crippen LogP contribution in [-0.4, -0.2) is 11.8 Å². The minimum atomic E-state index is -0.825. The Morgan fingerprint density at radius 3 is 2.55 bits per heavy atom. The molecule has 0 aromatic heterocycles. The first-order valence-electron chi connectivity index (χ1n) is 7.04. The maximum absolute atomic E-state index is 12.6. The standard InChI is InChI=1S/C16H19ClO3/c1-11(18)20-16(13-8-5-9-14(17)10-13)15(19)12-6-3-2-4-7-12/h5,8-10,12,16H,2-4,6-7H2,1H3.